The number of nitrogens with one attached hydrogen (secondary N) is 1. The van der Waals surface area contributed by atoms with Crippen LogP contribution in [0.5, 0.6) is 0 Å². The molecular weight excluding hydrogens is 302 g/mol. The third kappa shape index (κ3) is 3.64. The van der Waals surface area contributed by atoms with Crippen LogP contribution in [0.1, 0.15) is 26.7 Å². The van der Waals surface area contributed by atoms with Gasteiger partial charge < -0.3 is 10.4 Å². The number of anilines is 1. The van der Waals surface area contributed by atoms with Crippen LogP contribution in [0.4, 0.5) is 11.5 Å². The lowest BCUT2D eigenvalue weighted by Crippen LogP contribution is -2.35. The summed E-state index contributed by atoms with van der Waals surface area (Å²) in [6.07, 6.45) is 2.73. The molecule has 1 rings (SSSR count). The maximum atomic E-state index is 11.0. The molecule has 18 heavy (non-hydrogen) atoms. The highest BCUT2D eigenvalue weighted by Crippen LogP contribution is 2.29. The summed E-state index contributed by atoms with van der Waals surface area (Å²) < 4.78 is 0.556. The normalized spacial score (nSPS) is 14.0. The quantitative estimate of drug-likeness (QED) is 0.622. The van der Waals surface area contributed by atoms with Gasteiger partial charge in [0, 0.05) is 28.9 Å². The summed E-state index contributed by atoms with van der Waals surface area (Å²) in [6, 6.07) is 1.41. The molecule has 7 heteroatoms. The highest BCUT2D eigenvalue weighted by Gasteiger charge is 2.26. The minimum Gasteiger partial charge on any atom is -0.396 e. The van der Waals surface area contributed by atoms with E-state index in [4.69, 9.17) is 5.11 Å². The van der Waals surface area contributed by atoms with Gasteiger partial charge in [-0.3, -0.25) is 10.1 Å². The molecule has 1 heterocycles. The maximum Gasteiger partial charge on any atom is 0.312 e. The summed E-state index contributed by atoms with van der Waals surface area (Å²) in [5, 5.41) is 23.0. The van der Waals surface area contributed by atoms with Gasteiger partial charge in [0.05, 0.1) is 4.92 Å². The Labute approximate surface area is 114 Å². The average molecular weight is 318 g/mol. The Hall–Kier alpha value is -1.21. The van der Waals surface area contributed by atoms with Crippen molar-refractivity contribution in [3.8, 4) is 0 Å². The van der Waals surface area contributed by atoms with Crippen LogP contribution in [0, 0.1) is 10.1 Å². The second-order valence-electron chi connectivity index (χ2n) is 4.29. The summed E-state index contributed by atoms with van der Waals surface area (Å²) in [7, 11) is 0. The Kier molecular flexibility index (Phi) is 5.03. The SMILES string of the molecule is CCC(C)(CCO)Nc1ncc(Br)cc1[N+](=O)[O-]. The highest BCUT2D eigenvalue weighted by molar-refractivity contribution is 9.10. The second-order valence-corrected chi connectivity index (χ2v) is 5.21. The molecule has 0 aromatic carbocycles. The maximum absolute atomic E-state index is 11.0. The van der Waals surface area contributed by atoms with Crippen LogP contribution in [0.3, 0.4) is 0 Å². The lowest BCUT2D eigenvalue weighted by Gasteiger charge is -2.29. The van der Waals surface area contributed by atoms with Crippen molar-refractivity contribution >= 4 is 27.4 Å². The van der Waals surface area contributed by atoms with Gasteiger partial charge in [-0.05, 0) is 35.7 Å². The van der Waals surface area contributed by atoms with Gasteiger partial charge in [-0.2, -0.15) is 0 Å². The molecule has 0 aliphatic carbocycles. The van der Waals surface area contributed by atoms with Gasteiger partial charge in [-0.15, -0.1) is 0 Å². The van der Waals surface area contributed by atoms with Crippen molar-refractivity contribution in [3.63, 3.8) is 0 Å². The molecule has 0 aliphatic heterocycles. The summed E-state index contributed by atoms with van der Waals surface area (Å²) in [6.45, 7) is 3.87. The molecule has 0 bridgehead atoms. The zero-order valence-corrected chi connectivity index (χ0v) is 11.9. The molecule has 2 N–H and O–H groups in total. The van der Waals surface area contributed by atoms with Crippen LogP contribution in [0.2, 0.25) is 0 Å². The van der Waals surface area contributed by atoms with E-state index < -0.39 is 10.5 Å². The van der Waals surface area contributed by atoms with E-state index >= 15 is 0 Å². The predicted molar refractivity (Wildman–Crippen MR) is 72.6 cm³/mol. The standard InChI is InChI=1S/C11H16BrN3O3/c1-3-11(2,4-5-16)14-10-9(15(17)18)6-8(12)7-13-10/h6-7,16H,3-5H2,1-2H3,(H,13,14). The monoisotopic (exact) mass is 317 g/mol. The van der Waals surface area contributed by atoms with Crippen LogP contribution in [0.15, 0.2) is 16.7 Å². The predicted octanol–water partition coefficient (Wildman–Crippen LogP) is 2.72. The van der Waals surface area contributed by atoms with Crippen LogP contribution in [-0.2, 0) is 0 Å². The zero-order chi connectivity index (χ0) is 13.8. The van der Waals surface area contributed by atoms with Crippen molar-refractivity contribution in [1.29, 1.82) is 0 Å². The molecule has 0 saturated carbocycles. The molecular formula is C11H16BrN3O3. The van der Waals surface area contributed by atoms with Gasteiger partial charge in [-0.1, -0.05) is 6.92 Å². The van der Waals surface area contributed by atoms with Gasteiger partial charge in [0.25, 0.3) is 0 Å². The zero-order valence-electron chi connectivity index (χ0n) is 10.3. The minimum absolute atomic E-state index is 0.0155. The number of rotatable bonds is 6. The third-order valence-corrected chi connectivity index (χ3v) is 3.33. The van der Waals surface area contributed by atoms with E-state index in [0.29, 0.717) is 10.9 Å². The van der Waals surface area contributed by atoms with Crippen molar-refractivity contribution in [1.82, 2.24) is 4.98 Å². The largest absolute Gasteiger partial charge is 0.396 e. The number of aromatic nitrogens is 1. The molecule has 0 fully saturated rings. The molecule has 0 radical (unpaired) electrons. The first-order valence-corrected chi connectivity index (χ1v) is 6.40. The fraction of sp³-hybridized carbons (Fsp3) is 0.545. The lowest BCUT2D eigenvalue weighted by molar-refractivity contribution is -0.384. The third-order valence-electron chi connectivity index (χ3n) is 2.89. The Morgan fingerprint density at radius 2 is 2.33 bits per heavy atom. The van der Waals surface area contributed by atoms with Crippen LogP contribution in [-0.4, -0.2) is 27.2 Å². The van der Waals surface area contributed by atoms with Gasteiger partial charge >= 0.3 is 5.69 Å². The van der Waals surface area contributed by atoms with E-state index in [2.05, 4.69) is 26.2 Å². The van der Waals surface area contributed by atoms with Crippen molar-refractivity contribution in [2.75, 3.05) is 11.9 Å². The van der Waals surface area contributed by atoms with Crippen molar-refractivity contribution in [2.45, 2.75) is 32.2 Å². The molecule has 1 unspecified atom stereocenters. The van der Waals surface area contributed by atoms with Crippen molar-refractivity contribution < 1.29 is 10.0 Å². The second kappa shape index (κ2) is 6.10. The van der Waals surface area contributed by atoms with Crippen molar-refractivity contribution in [3.05, 3.63) is 26.9 Å². The van der Waals surface area contributed by atoms with Crippen LogP contribution >= 0.6 is 15.9 Å². The number of hydrogen-bond acceptors (Lipinski definition) is 5. The summed E-state index contributed by atoms with van der Waals surface area (Å²) >= 11 is 3.16. The van der Waals surface area contributed by atoms with Gasteiger partial charge in [0.2, 0.25) is 5.82 Å². The van der Waals surface area contributed by atoms with Gasteiger partial charge in [-0.25, -0.2) is 4.98 Å². The number of pyridine rings is 1. The number of aliphatic hydroxyl groups is 1. The molecule has 1 atom stereocenters. The average Bonchev–Trinajstić information content (AvgIpc) is 2.31. The number of nitro groups is 1. The van der Waals surface area contributed by atoms with E-state index in [1.54, 1.807) is 0 Å². The molecule has 0 amide bonds. The summed E-state index contributed by atoms with van der Waals surface area (Å²) in [4.78, 5) is 14.5. The summed E-state index contributed by atoms with van der Waals surface area (Å²) in [5.41, 5.74) is -0.498. The van der Waals surface area contributed by atoms with E-state index in [0.717, 1.165) is 6.42 Å². The van der Waals surface area contributed by atoms with E-state index in [9.17, 15) is 10.1 Å². The van der Waals surface area contributed by atoms with Crippen LogP contribution in [0.25, 0.3) is 0 Å². The fourth-order valence-electron chi connectivity index (χ4n) is 1.52. The topological polar surface area (TPSA) is 88.3 Å². The molecule has 0 spiro atoms. The number of nitrogens with zero attached hydrogens (tertiary/aromatic N) is 2. The Balaban J connectivity index is 3.06. The summed E-state index contributed by atoms with van der Waals surface area (Å²) in [5.74, 6) is 0.223. The fourth-order valence-corrected chi connectivity index (χ4v) is 1.84. The smallest absolute Gasteiger partial charge is 0.312 e. The first-order valence-electron chi connectivity index (χ1n) is 5.61. The molecule has 1 aromatic rings. The number of halogens is 1. The Morgan fingerprint density at radius 1 is 1.67 bits per heavy atom. The first kappa shape index (κ1) is 14.8. The molecule has 0 saturated heterocycles. The molecule has 1 aromatic heterocycles. The lowest BCUT2D eigenvalue weighted by atomic mass is 9.95. The number of hydrogen-bond donors (Lipinski definition) is 2. The molecule has 100 valence electrons. The van der Waals surface area contributed by atoms with Gasteiger partial charge in [0.15, 0.2) is 0 Å². The molecule has 0 aliphatic rings. The molecule has 6 nitrogen and oxygen atoms in total. The van der Waals surface area contributed by atoms with Crippen molar-refractivity contribution in [2.24, 2.45) is 0 Å². The van der Waals surface area contributed by atoms with E-state index in [-0.39, 0.29) is 18.1 Å². The van der Waals surface area contributed by atoms with E-state index in [1.807, 2.05) is 13.8 Å². The van der Waals surface area contributed by atoms with Gasteiger partial charge in [0.1, 0.15) is 0 Å². The van der Waals surface area contributed by atoms with E-state index in [1.165, 1.54) is 12.3 Å². The van der Waals surface area contributed by atoms with Crippen LogP contribution < -0.4 is 5.32 Å². The highest BCUT2D eigenvalue weighted by atomic mass is 79.9. The minimum atomic E-state index is -0.477. The first-order chi connectivity index (χ1) is 8.41. The Bertz CT molecular complexity index is 442. The Morgan fingerprint density at radius 3 is 2.83 bits per heavy atom. The number of aliphatic hydroxyl groups excluding tert-OH is 1.